The fourth-order valence-electron chi connectivity index (χ4n) is 4.05. The summed E-state index contributed by atoms with van der Waals surface area (Å²) < 4.78 is 0. The molecule has 2 aliphatic heterocycles. The number of nitrogens with one attached hydrogen (secondary N) is 1. The highest BCUT2D eigenvalue weighted by atomic mass is 15.3. The van der Waals surface area contributed by atoms with Crippen LogP contribution in [0.3, 0.4) is 0 Å². The molecule has 106 valence electrons. The predicted molar refractivity (Wildman–Crippen MR) is 75.8 cm³/mol. The summed E-state index contributed by atoms with van der Waals surface area (Å²) in [4.78, 5) is 5.11. The molecule has 0 aromatic heterocycles. The number of hydrogen-bond acceptors (Lipinski definition) is 4. The van der Waals surface area contributed by atoms with Crippen LogP contribution in [0.4, 0.5) is 0 Å². The third kappa shape index (κ3) is 2.40. The Morgan fingerprint density at radius 3 is 2.58 bits per heavy atom. The van der Waals surface area contributed by atoms with Crippen molar-refractivity contribution in [2.24, 2.45) is 5.92 Å². The minimum Gasteiger partial charge on any atom is -0.301 e. The fourth-order valence-corrected chi connectivity index (χ4v) is 4.05. The third-order valence-corrected chi connectivity index (χ3v) is 5.63. The van der Waals surface area contributed by atoms with E-state index in [0.717, 1.165) is 25.7 Å². The zero-order valence-electron chi connectivity index (χ0n) is 12.2. The first-order valence-electron chi connectivity index (χ1n) is 7.73. The lowest BCUT2D eigenvalue weighted by Crippen LogP contribution is -2.54. The van der Waals surface area contributed by atoms with Gasteiger partial charge in [-0.15, -0.1) is 0 Å². The number of likely N-dealkylation sites (tertiary alicyclic amines) is 1. The van der Waals surface area contributed by atoms with Gasteiger partial charge in [0.1, 0.15) is 5.54 Å². The van der Waals surface area contributed by atoms with Gasteiger partial charge in [-0.25, -0.2) is 0 Å². The molecular formula is C15H26N4. The molecule has 1 N–H and O–H groups in total. The Kier molecular flexibility index (Phi) is 3.55. The fraction of sp³-hybridized carbons (Fsp3) is 0.933. The molecule has 1 saturated carbocycles. The number of hydrogen-bond donors (Lipinski definition) is 1. The lowest BCUT2D eigenvalue weighted by atomic mass is 9.93. The van der Waals surface area contributed by atoms with Crippen LogP contribution in [0, 0.1) is 17.2 Å². The smallest absolute Gasteiger partial charge is 0.122 e. The maximum atomic E-state index is 9.62. The Morgan fingerprint density at radius 2 is 1.95 bits per heavy atom. The maximum absolute atomic E-state index is 9.62. The molecule has 3 atom stereocenters. The molecule has 0 aromatic rings. The molecule has 4 heteroatoms. The molecule has 3 rings (SSSR count). The van der Waals surface area contributed by atoms with Crippen LogP contribution in [-0.4, -0.2) is 61.2 Å². The Bertz CT molecular complexity index is 373. The predicted octanol–water partition coefficient (Wildman–Crippen LogP) is 1.05. The van der Waals surface area contributed by atoms with Crippen LogP contribution < -0.4 is 5.32 Å². The standard InChI is InChI=1S/C15H26N4/c1-17-15(10-16,12-3-4-12)11-19-8-7-13-5-6-14(9-19)18(13)2/h12-14,17H,3-9,11H2,1-2H3. The van der Waals surface area contributed by atoms with Crippen molar-refractivity contribution >= 4 is 0 Å². The van der Waals surface area contributed by atoms with Crippen molar-refractivity contribution in [1.82, 2.24) is 15.1 Å². The molecule has 3 fully saturated rings. The number of fused-ring (bicyclic) bond motifs is 2. The Labute approximate surface area is 116 Å². The summed E-state index contributed by atoms with van der Waals surface area (Å²) in [5.41, 5.74) is -0.303. The molecule has 0 amide bonds. The molecule has 3 unspecified atom stereocenters. The van der Waals surface area contributed by atoms with Gasteiger partial charge in [0, 0.05) is 25.2 Å². The van der Waals surface area contributed by atoms with E-state index in [4.69, 9.17) is 0 Å². The van der Waals surface area contributed by atoms with Gasteiger partial charge in [-0.2, -0.15) is 5.26 Å². The number of likely N-dealkylation sites (N-methyl/N-ethyl adjacent to an activating group) is 2. The van der Waals surface area contributed by atoms with Gasteiger partial charge in [-0.3, -0.25) is 9.80 Å². The van der Waals surface area contributed by atoms with Gasteiger partial charge in [0.2, 0.25) is 0 Å². The first-order valence-corrected chi connectivity index (χ1v) is 7.73. The van der Waals surface area contributed by atoms with Gasteiger partial charge >= 0.3 is 0 Å². The Hall–Kier alpha value is -0.630. The van der Waals surface area contributed by atoms with Crippen molar-refractivity contribution < 1.29 is 0 Å². The van der Waals surface area contributed by atoms with E-state index in [-0.39, 0.29) is 5.54 Å². The molecule has 2 heterocycles. The molecular weight excluding hydrogens is 236 g/mol. The van der Waals surface area contributed by atoms with Crippen LogP contribution in [0.2, 0.25) is 0 Å². The van der Waals surface area contributed by atoms with Crippen LogP contribution in [0.1, 0.15) is 32.1 Å². The normalized spacial score (nSPS) is 35.6. The van der Waals surface area contributed by atoms with Gasteiger partial charge in [0.25, 0.3) is 0 Å². The molecule has 3 aliphatic rings. The van der Waals surface area contributed by atoms with Crippen LogP contribution in [0.5, 0.6) is 0 Å². The molecule has 19 heavy (non-hydrogen) atoms. The largest absolute Gasteiger partial charge is 0.301 e. The van der Waals surface area contributed by atoms with E-state index in [1.54, 1.807) is 0 Å². The highest BCUT2D eigenvalue weighted by molar-refractivity contribution is 5.16. The van der Waals surface area contributed by atoms with E-state index >= 15 is 0 Å². The minimum atomic E-state index is -0.303. The molecule has 2 bridgehead atoms. The van der Waals surface area contributed by atoms with Crippen LogP contribution in [0.25, 0.3) is 0 Å². The summed E-state index contributed by atoms with van der Waals surface area (Å²) in [7, 11) is 4.24. The van der Waals surface area contributed by atoms with E-state index in [1.165, 1.54) is 32.1 Å². The summed E-state index contributed by atoms with van der Waals surface area (Å²) in [6.45, 7) is 3.20. The molecule has 4 nitrogen and oxygen atoms in total. The highest BCUT2D eigenvalue weighted by Gasteiger charge is 2.46. The number of nitriles is 1. The van der Waals surface area contributed by atoms with E-state index in [0.29, 0.717) is 12.0 Å². The van der Waals surface area contributed by atoms with Gasteiger partial charge in [0.05, 0.1) is 6.07 Å². The van der Waals surface area contributed by atoms with E-state index < -0.39 is 0 Å². The first-order chi connectivity index (χ1) is 9.18. The Balaban J connectivity index is 1.68. The van der Waals surface area contributed by atoms with E-state index in [9.17, 15) is 5.26 Å². The third-order valence-electron chi connectivity index (χ3n) is 5.63. The summed E-state index contributed by atoms with van der Waals surface area (Å²) in [6.07, 6.45) is 6.40. The van der Waals surface area contributed by atoms with E-state index in [2.05, 4.69) is 28.2 Å². The molecule has 2 saturated heterocycles. The van der Waals surface area contributed by atoms with Gasteiger partial charge in [0.15, 0.2) is 0 Å². The zero-order chi connectivity index (χ0) is 13.5. The average Bonchev–Trinajstić information content (AvgIpc) is 3.19. The van der Waals surface area contributed by atoms with Crippen molar-refractivity contribution in [3.63, 3.8) is 0 Å². The van der Waals surface area contributed by atoms with Crippen molar-refractivity contribution in [3.05, 3.63) is 0 Å². The minimum absolute atomic E-state index is 0.303. The van der Waals surface area contributed by atoms with Crippen LogP contribution in [-0.2, 0) is 0 Å². The van der Waals surface area contributed by atoms with Crippen LogP contribution >= 0.6 is 0 Å². The quantitative estimate of drug-likeness (QED) is 0.822. The molecule has 0 spiro atoms. The summed E-state index contributed by atoms with van der Waals surface area (Å²) in [5.74, 6) is 0.570. The maximum Gasteiger partial charge on any atom is 0.122 e. The second kappa shape index (κ2) is 5.05. The average molecular weight is 262 g/mol. The summed E-state index contributed by atoms with van der Waals surface area (Å²) in [5, 5.41) is 13.0. The van der Waals surface area contributed by atoms with Crippen molar-refractivity contribution in [1.29, 1.82) is 5.26 Å². The van der Waals surface area contributed by atoms with Crippen LogP contribution in [0.15, 0.2) is 0 Å². The molecule has 1 aliphatic carbocycles. The summed E-state index contributed by atoms with van der Waals surface area (Å²) in [6, 6.07) is 4.07. The molecule has 0 radical (unpaired) electrons. The SMILES string of the molecule is CNC(C#N)(CN1CCC2CCC(C1)N2C)C1CC1. The highest BCUT2D eigenvalue weighted by Crippen LogP contribution is 2.40. The second-order valence-electron chi connectivity index (χ2n) is 6.68. The van der Waals surface area contributed by atoms with Gasteiger partial charge in [-0.1, -0.05) is 0 Å². The van der Waals surface area contributed by atoms with E-state index in [1.807, 2.05) is 7.05 Å². The van der Waals surface area contributed by atoms with Crippen molar-refractivity contribution in [2.45, 2.75) is 49.7 Å². The lowest BCUT2D eigenvalue weighted by Gasteiger charge is -2.34. The van der Waals surface area contributed by atoms with Crippen molar-refractivity contribution in [3.8, 4) is 6.07 Å². The van der Waals surface area contributed by atoms with Crippen molar-refractivity contribution in [2.75, 3.05) is 33.7 Å². The topological polar surface area (TPSA) is 42.3 Å². The zero-order valence-corrected chi connectivity index (χ0v) is 12.2. The van der Waals surface area contributed by atoms with Gasteiger partial charge in [-0.05, 0) is 58.7 Å². The lowest BCUT2D eigenvalue weighted by molar-refractivity contribution is 0.180. The first kappa shape index (κ1) is 13.4. The Morgan fingerprint density at radius 1 is 1.21 bits per heavy atom. The second-order valence-corrected chi connectivity index (χ2v) is 6.68. The monoisotopic (exact) mass is 262 g/mol. The molecule has 0 aromatic carbocycles. The number of nitrogens with zero attached hydrogens (tertiary/aromatic N) is 3. The number of rotatable bonds is 4. The summed E-state index contributed by atoms with van der Waals surface area (Å²) >= 11 is 0. The van der Waals surface area contributed by atoms with Gasteiger partial charge < -0.3 is 5.32 Å².